The van der Waals surface area contributed by atoms with Crippen LogP contribution in [0.15, 0.2) is 83.3 Å². The van der Waals surface area contributed by atoms with E-state index in [9.17, 15) is 9.59 Å². The van der Waals surface area contributed by atoms with E-state index in [0.717, 1.165) is 4.47 Å². The minimum Gasteiger partial charge on any atom is -0.484 e. The molecule has 1 amide bonds. The molecule has 3 rings (SSSR count). The Morgan fingerprint density at radius 1 is 0.846 bits per heavy atom. The third-order valence-electron chi connectivity index (χ3n) is 3.67. The first-order valence-corrected chi connectivity index (χ1v) is 8.80. The molecule has 5 heteroatoms. The molecule has 0 aliphatic rings. The quantitative estimate of drug-likeness (QED) is 0.600. The number of anilines is 1. The number of ketones is 1. The lowest BCUT2D eigenvalue weighted by Crippen LogP contribution is -2.21. The van der Waals surface area contributed by atoms with E-state index < -0.39 is 0 Å². The molecular formula is C21H16BrNO3. The molecule has 3 aromatic carbocycles. The molecule has 4 nitrogen and oxygen atoms in total. The molecule has 0 heterocycles. The maximum atomic E-state index is 12.7. The highest BCUT2D eigenvalue weighted by molar-refractivity contribution is 9.10. The standard InChI is InChI=1S/C21H16BrNO3/c22-16-10-12-17(13-11-16)26-14-20(24)23-19-9-5-4-8-18(19)21(25)15-6-2-1-3-7-15/h1-13H,14H2,(H,23,24). The van der Waals surface area contributed by atoms with Gasteiger partial charge in [0.05, 0.1) is 5.69 Å². The molecule has 0 atom stereocenters. The number of carbonyl (C=O) groups excluding carboxylic acids is 2. The normalized spacial score (nSPS) is 10.2. The molecule has 130 valence electrons. The van der Waals surface area contributed by atoms with E-state index in [2.05, 4.69) is 21.2 Å². The third-order valence-corrected chi connectivity index (χ3v) is 4.19. The van der Waals surface area contributed by atoms with E-state index >= 15 is 0 Å². The van der Waals surface area contributed by atoms with Crippen LogP contribution in [-0.2, 0) is 4.79 Å². The average Bonchev–Trinajstić information content (AvgIpc) is 2.68. The van der Waals surface area contributed by atoms with Crippen molar-refractivity contribution in [3.63, 3.8) is 0 Å². The van der Waals surface area contributed by atoms with Gasteiger partial charge in [0.15, 0.2) is 12.4 Å². The Bertz CT molecular complexity index is 908. The summed E-state index contributed by atoms with van der Waals surface area (Å²) in [5.74, 6) is 0.119. The van der Waals surface area contributed by atoms with Gasteiger partial charge in [-0.25, -0.2) is 0 Å². The summed E-state index contributed by atoms with van der Waals surface area (Å²) in [6.45, 7) is -0.143. The second-order valence-corrected chi connectivity index (χ2v) is 6.45. The number of halogens is 1. The van der Waals surface area contributed by atoms with Gasteiger partial charge in [-0.2, -0.15) is 0 Å². The summed E-state index contributed by atoms with van der Waals surface area (Å²) in [6, 6.07) is 23.1. The lowest BCUT2D eigenvalue weighted by Gasteiger charge is -2.11. The van der Waals surface area contributed by atoms with Crippen LogP contribution in [0.5, 0.6) is 5.75 Å². The van der Waals surface area contributed by atoms with Crippen LogP contribution >= 0.6 is 15.9 Å². The number of para-hydroxylation sites is 1. The minimum absolute atomic E-state index is 0.143. The molecule has 0 spiro atoms. The van der Waals surface area contributed by atoms with Crippen LogP contribution in [0.4, 0.5) is 5.69 Å². The van der Waals surface area contributed by atoms with E-state index in [0.29, 0.717) is 22.6 Å². The lowest BCUT2D eigenvalue weighted by molar-refractivity contribution is -0.118. The van der Waals surface area contributed by atoms with Crippen LogP contribution in [0, 0.1) is 0 Å². The van der Waals surface area contributed by atoms with Crippen LogP contribution in [0.25, 0.3) is 0 Å². The summed E-state index contributed by atoms with van der Waals surface area (Å²) in [7, 11) is 0. The first-order valence-electron chi connectivity index (χ1n) is 8.00. The number of nitrogens with one attached hydrogen (secondary N) is 1. The Hall–Kier alpha value is -2.92. The van der Waals surface area contributed by atoms with Crippen molar-refractivity contribution < 1.29 is 14.3 Å². The predicted octanol–water partition coefficient (Wildman–Crippen LogP) is 4.70. The van der Waals surface area contributed by atoms with Gasteiger partial charge in [-0.1, -0.05) is 58.4 Å². The zero-order valence-corrected chi connectivity index (χ0v) is 15.4. The van der Waals surface area contributed by atoms with Crippen molar-refractivity contribution in [2.24, 2.45) is 0 Å². The van der Waals surface area contributed by atoms with Gasteiger partial charge in [0.1, 0.15) is 5.75 Å². The summed E-state index contributed by atoms with van der Waals surface area (Å²) >= 11 is 3.34. The van der Waals surface area contributed by atoms with Crippen LogP contribution < -0.4 is 10.1 Å². The van der Waals surface area contributed by atoms with Crippen molar-refractivity contribution in [1.29, 1.82) is 0 Å². The van der Waals surface area contributed by atoms with E-state index in [1.54, 1.807) is 60.7 Å². The molecular weight excluding hydrogens is 394 g/mol. The van der Waals surface area contributed by atoms with Crippen LogP contribution in [0.2, 0.25) is 0 Å². The fourth-order valence-electron chi connectivity index (χ4n) is 2.40. The molecule has 0 aromatic heterocycles. The molecule has 3 aromatic rings. The van der Waals surface area contributed by atoms with Crippen molar-refractivity contribution in [3.8, 4) is 5.75 Å². The zero-order chi connectivity index (χ0) is 18.4. The van der Waals surface area contributed by atoms with Gasteiger partial charge in [-0.3, -0.25) is 9.59 Å². The number of hydrogen-bond acceptors (Lipinski definition) is 3. The molecule has 1 N–H and O–H groups in total. The number of amides is 1. The Labute approximate surface area is 159 Å². The maximum Gasteiger partial charge on any atom is 0.262 e. The van der Waals surface area contributed by atoms with Gasteiger partial charge in [0, 0.05) is 15.6 Å². The Morgan fingerprint density at radius 2 is 1.50 bits per heavy atom. The van der Waals surface area contributed by atoms with E-state index in [1.807, 2.05) is 18.2 Å². The lowest BCUT2D eigenvalue weighted by atomic mass is 10.0. The molecule has 0 bridgehead atoms. The molecule has 0 unspecified atom stereocenters. The van der Waals surface area contributed by atoms with Crippen molar-refractivity contribution >= 4 is 33.3 Å². The largest absolute Gasteiger partial charge is 0.484 e. The number of ether oxygens (including phenoxy) is 1. The van der Waals surface area contributed by atoms with Gasteiger partial charge in [0.2, 0.25) is 0 Å². The van der Waals surface area contributed by atoms with Crippen LogP contribution in [0.3, 0.4) is 0 Å². The highest BCUT2D eigenvalue weighted by Crippen LogP contribution is 2.20. The summed E-state index contributed by atoms with van der Waals surface area (Å²) in [5, 5.41) is 2.75. The van der Waals surface area contributed by atoms with Crippen LogP contribution in [-0.4, -0.2) is 18.3 Å². The van der Waals surface area contributed by atoms with Gasteiger partial charge < -0.3 is 10.1 Å². The van der Waals surface area contributed by atoms with Gasteiger partial charge in [-0.05, 0) is 36.4 Å². The third kappa shape index (κ3) is 4.58. The van der Waals surface area contributed by atoms with Crippen molar-refractivity contribution in [2.75, 3.05) is 11.9 Å². The second-order valence-electron chi connectivity index (χ2n) is 5.53. The molecule has 0 saturated heterocycles. The summed E-state index contributed by atoms with van der Waals surface area (Å²) in [5.41, 5.74) is 1.47. The molecule has 26 heavy (non-hydrogen) atoms. The van der Waals surface area contributed by atoms with Gasteiger partial charge in [0.25, 0.3) is 5.91 Å². The highest BCUT2D eigenvalue weighted by Gasteiger charge is 2.15. The predicted molar refractivity (Wildman–Crippen MR) is 105 cm³/mol. The van der Waals surface area contributed by atoms with Crippen molar-refractivity contribution in [2.45, 2.75) is 0 Å². The molecule has 0 radical (unpaired) electrons. The smallest absolute Gasteiger partial charge is 0.262 e. The fourth-order valence-corrected chi connectivity index (χ4v) is 2.67. The molecule has 0 saturated carbocycles. The number of carbonyl (C=O) groups is 2. The number of rotatable bonds is 6. The van der Waals surface area contributed by atoms with E-state index in [4.69, 9.17) is 4.74 Å². The first kappa shape index (κ1) is 17.9. The second kappa shape index (κ2) is 8.45. The summed E-state index contributed by atoms with van der Waals surface area (Å²) < 4.78 is 6.40. The van der Waals surface area contributed by atoms with E-state index in [-0.39, 0.29) is 18.3 Å². The topological polar surface area (TPSA) is 55.4 Å². The van der Waals surface area contributed by atoms with Crippen LogP contribution in [0.1, 0.15) is 15.9 Å². The Kier molecular flexibility index (Phi) is 5.81. The van der Waals surface area contributed by atoms with E-state index in [1.165, 1.54) is 0 Å². The van der Waals surface area contributed by atoms with Crippen molar-refractivity contribution in [3.05, 3.63) is 94.5 Å². The van der Waals surface area contributed by atoms with Gasteiger partial charge >= 0.3 is 0 Å². The zero-order valence-electron chi connectivity index (χ0n) is 13.8. The minimum atomic E-state index is -0.332. The number of hydrogen-bond donors (Lipinski definition) is 1. The maximum absolute atomic E-state index is 12.7. The van der Waals surface area contributed by atoms with Crippen molar-refractivity contribution in [1.82, 2.24) is 0 Å². The molecule has 0 aliphatic carbocycles. The fraction of sp³-hybridized carbons (Fsp3) is 0.0476. The average molecular weight is 410 g/mol. The first-order chi connectivity index (χ1) is 12.6. The monoisotopic (exact) mass is 409 g/mol. The molecule has 0 fully saturated rings. The Balaban J connectivity index is 1.69. The molecule has 0 aliphatic heterocycles. The SMILES string of the molecule is O=C(COc1ccc(Br)cc1)Nc1ccccc1C(=O)c1ccccc1. The summed E-state index contributed by atoms with van der Waals surface area (Å²) in [4.78, 5) is 24.9. The number of benzene rings is 3. The highest BCUT2D eigenvalue weighted by atomic mass is 79.9. The summed E-state index contributed by atoms with van der Waals surface area (Å²) in [6.07, 6.45) is 0. The van der Waals surface area contributed by atoms with Gasteiger partial charge in [-0.15, -0.1) is 0 Å². The Morgan fingerprint density at radius 3 is 2.23 bits per heavy atom.